The molecule has 0 saturated heterocycles. The Morgan fingerprint density at radius 2 is 1.83 bits per heavy atom. The van der Waals surface area contributed by atoms with Gasteiger partial charge < -0.3 is 10.1 Å². The highest BCUT2D eigenvalue weighted by Gasteiger charge is 2.33. The molecule has 29 heavy (non-hydrogen) atoms. The van der Waals surface area contributed by atoms with Gasteiger partial charge in [0, 0.05) is 23.0 Å². The third-order valence-corrected chi connectivity index (χ3v) is 4.65. The molecule has 4 nitrogen and oxygen atoms in total. The van der Waals surface area contributed by atoms with Crippen molar-refractivity contribution in [3.05, 3.63) is 75.9 Å². The fourth-order valence-corrected chi connectivity index (χ4v) is 3.12. The van der Waals surface area contributed by atoms with E-state index in [9.17, 15) is 18.0 Å². The van der Waals surface area contributed by atoms with Crippen molar-refractivity contribution in [2.24, 2.45) is 0 Å². The van der Waals surface area contributed by atoms with Crippen LogP contribution in [0.3, 0.4) is 0 Å². The van der Waals surface area contributed by atoms with Crippen LogP contribution in [-0.4, -0.2) is 18.0 Å². The minimum Gasteiger partial charge on any atom is -0.494 e. The van der Waals surface area contributed by atoms with Gasteiger partial charge in [-0.3, -0.25) is 9.78 Å². The van der Waals surface area contributed by atoms with Crippen LogP contribution in [0, 0.1) is 0 Å². The maximum Gasteiger partial charge on any atom is 0.417 e. The number of carbonyl (C=O) groups excluding carboxylic acids is 1. The highest BCUT2D eigenvalue weighted by molar-refractivity contribution is 6.34. The standard InChI is InChI=1S/C20H13Cl2F3N2O2/c1-29-17-3-2-8-26-18(17)13-6-4-11(9-16(13)22)19(28)27-12-5-7-15(21)14(10-12)20(23,24)25/h2-10H,1H3,(H,27,28). The number of aromatic nitrogens is 1. The third kappa shape index (κ3) is 4.63. The number of pyridine rings is 1. The summed E-state index contributed by atoms with van der Waals surface area (Å²) in [6, 6.07) is 11.0. The van der Waals surface area contributed by atoms with E-state index in [2.05, 4.69) is 10.3 Å². The number of carbonyl (C=O) groups is 1. The first kappa shape index (κ1) is 21.0. The molecule has 0 unspecified atom stereocenters. The summed E-state index contributed by atoms with van der Waals surface area (Å²) < 4.78 is 44.2. The average molecular weight is 441 g/mol. The first-order valence-corrected chi connectivity index (χ1v) is 8.93. The van der Waals surface area contributed by atoms with E-state index in [1.807, 2.05) is 0 Å². The number of nitrogens with one attached hydrogen (secondary N) is 1. The van der Waals surface area contributed by atoms with E-state index < -0.39 is 22.7 Å². The second-order valence-corrected chi connectivity index (χ2v) is 6.71. The van der Waals surface area contributed by atoms with Crippen LogP contribution in [0.15, 0.2) is 54.7 Å². The third-order valence-electron chi connectivity index (χ3n) is 4.01. The lowest BCUT2D eigenvalue weighted by Gasteiger charge is -2.13. The summed E-state index contributed by atoms with van der Waals surface area (Å²) in [5.74, 6) is -0.116. The van der Waals surface area contributed by atoms with E-state index in [4.69, 9.17) is 27.9 Å². The Balaban J connectivity index is 1.87. The molecule has 1 amide bonds. The van der Waals surface area contributed by atoms with Gasteiger partial charge in [0.1, 0.15) is 11.4 Å². The van der Waals surface area contributed by atoms with Crippen molar-refractivity contribution in [3.8, 4) is 17.0 Å². The number of benzene rings is 2. The van der Waals surface area contributed by atoms with E-state index >= 15 is 0 Å². The van der Waals surface area contributed by atoms with Gasteiger partial charge >= 0.3 is 6.18 Å². The molecule has 1 aromatic heterocycles. The number of ether oxygens (including phenoxy) is 1. The Bertz CT molecular complexity index is 1070. The molecule has 0 aliphatic rings. The molecule has 0 saturated carbocycles. The monoisotopic (exact) mass is 440 g/mol. The molecular formula is C20H13Cl2F3N2O2. The van der Waals surface area contributed by atoms with Crippen LogP contribution >= 0.6 is 23.2 Å². The van der Waals surface area contributed by atoms with E-state index in [-0.39, 0.29) is 16.3 Å². The highest BCUT2D eigenvalue weighted by Crippen LogP contribution is 2.37. The number of methoxy groups -OCH3 is 1. The summed E-state index contributed by atoms with van der Waals surface area (Å²) >= 11 is 11.9. The zero-order valence-electron chi connectivity index (χ0n) is 14.8. The molecule has 1 heterocycles. The molecule has 0 bridgehead atoms. The van der Waals surface area contributed by atoms with Gasteiger partial charge in [-0.1, -0.05) is 29.3 Å². The summed E-state index contributed by atoms with van der Waals surface area (Å²) in [5, 5.41) is 2.20. The van der Waals surface area contributed by atoms with Crippen LogP contribution in [0.2, 0.25) is 10.0 Å². The molecule has 150 valence electrons. The van der Waals surface area contributed by atoms with Crippen LogP contribution in [-0.2, 0) is 6.18 Å². The number of anilines is 1. The maximum absolute atomic E-state index is 13.0. The maximum atomic E-state index is 13.0. The number of nitrogens with zero attached hydrogens (tertiary/aromatic N) is 1. The molecule has 1 N–H and O–H groups in total. The van der Waals surface area contributed by atoms with Gasteiger partial charge in [0.25, 0.3) is 5.91 Å². The van der Waals surface area contributed by atoms with Crippen molar-refractivity contribution in [2.75, 3.05) is 12.4 Å². The Kier molecular flexibility index (Phi) is 6.00. The van der Waals surface area contributed by atoms with Gasteiger partial charge in [0.15, 0.2) is 0 Å². The van der Waals surface area contributed by atoms with Crippen LogP contribution in [0.4, 0.5) is 18.9 Å². The van der Waals surface area contributed by atoms with Crippen molar-refractivity contribution < 1.29 is 22.7 Å². The Labute approximate surface area is 174 Å². The molecule has 0 fully saturated rings. The Morgan fingerprint density at radius 3 is 2.48 bits per heavy atom. The lowest BCUT2D eigenvalue weighted by Crippen LogP contribution is -2.13. The minimum absolute atomic E-state index is 0.0432. The first-order valence-electron chi connectivity index (χ1n) is 8.17. The lowest BCUT2D eigenvalue weighted by atomic mass is 10.1. The molecule has 9 heteroatoms. The van der Waals surface area contributed by atoms with Gasteiger partial charge in [-0.25, -0.2) is 0 Å². The molecule has 0 aliphatic carbocycles. The Hall–Kier alpha value is -2.77. The van der Waals surface area contributed by atoms with E-state index in [0.29, 0.717) is 17.0 Å². The van der Waals surface area contributed by atoms with E-state index in [1.165, 1.54) is 25.3 Å². The van der Waals surface area contributed by atoms with Crippen molar-refractivity contribution in [3.63, 3.8) is 0 Å². The van der Waals surface area contributed by atoms with Crippen molar-refractivity contribution in [1.82, 2.24) is 4.98 Å². The molecular weight excluding hydrogens is 428 g/mol. The van der Waals surface area contributed by atoms with Gasteiger partial charge in [-0.2, -0.15) is 13.2 Å². The minimum atomic E-state index is -4.63. The SMILES string of the molecule is COc1cccnc1-c1ccc(C(=O)Nc2ccc(Cl)c(C(F)(F)F)c2)cc1Cl. The van der Waals surface area contributed by atoms with Gasteiger partial charge in [-0.05, 0) is 42.5 Å². The number of halogens is 5. The zero-order valence-corrected chi connectivity index (χ0v) is 16.4. The normalized spacial score (nSPS) is 11.2. The summed E-state index contributed by atoms with van der Waals surface area (Å²) in [7, 11) is 1.50. The topological polar surface area (TPSA) is 51.2 Å². The molecule has 3 aromatic rings. The molecule has 0 aliphatic heterocycles. The average Bonchev–Trinajstić information content (AvgIpc) is 2.68. The van der Waals surface area contributed by atoms with E-state index in [1.54, 1.807) is 24.4 Å². The Morgan fingerprint density at radius 1 is 1.07 bits per heavy atom. The lowest BCUT2D eigenvalue weighted by molar-refractivity contribution is -0.137. The number of rotatable bonds is 4. The van der Waals surface area contributed by atoms with Gasteiger partial charge in [-0.15, -0.1) is 0 Å². The molecule has 3 rings (SSSR count). The van der Waals surface area contributed by atoms with Crippen molar-refractivity contribution in [1.29, 1.82) is 0 Å². The molecule has 0 atom stereocenters. The van der Waals surface area contributed by atoms with Crippen molar-refractivity contribution in [2.45, 2.75) is 6.18 Å². The van der Waals surface area contributed by atoms with Crippen LogP contribution in [0.5, 0.6) is 5.75 Å². The number of hydrogen-bond donors (Lipinski definition) is 1. The summed E-state index contributed by atoms with van der Waals surface area (Å²) in [4.78, 5) is 16.7. The largest absolute Gasteiger partial charge is 0.494 e. The fourth-order valence-electron chi connectivity index (χ4n) is 2.63. The predicted molar refractivity (Wildman–Crippen MR) is 106 cm³/mol. The molecule has 0 radical (unpaired) electrons. The van der Waals surface area contributed by atoms with Crippen LogP contribution < -0.4 is 10.1 Å². The number of alkyl halides is 3. The smallest absolute Gasteiger partial charge is 0.417 e. The van der Waals surface area contributed by atoms with Gasteiger partial charge in [0.05, 0.1) is 22.7 Å². The predicted octanol–water partition coefficient (Wildman–Crippen LogP) is 6.34. The number of amides is 1. The van der Waals surface area contributed by atoms with Crippen LogP contribution in [0.25, 0.3) is 11.3 Å². The van der Waals surface area contributed by atoms with E-state index in [0.717, 1.165) is 12.1 Å². The molecule has 0 spiro atoms. The summed E-state index contributed by atoms with van der Waals surface area (Å²) in [6.07, 6.45) is -3.06. The van der Waals surface area contributed by atoms with Gasteiger partial charge in [0.2, 0.25) is 0 Å². The quantitative estimate of drug-likeness (QED) is 0.515. The van der Waals surface area contributed by atoms with Crippen LogP contribution in [0.1, 0.15) is 15.9 Å². The zero-order chi connectivity index (χ0) is 21.2. The summed E-state index contributed by atoms with van der Waals surface area (Å²) in [5.41, 5.74) is 0.133. The second-order valence-electron chi connectivity index (χ2n) is 5.90. The fraction of sp³-hybridized carbons (Fsp3) is 0.100. The summed E-state index contributed by atoms with van der Waals surface area (Å²) in [6.45, 7) is 0. The van der Waals surface area contributed by atoms with Crippen molar-refractivity contribution >= 4 is 34.8 Å². The number of hydrogen-bond acceptors (Lipinski definition) is 3. The first-order chi connectivity index (χ1) is 13.7. The molecule has 2 aromatic carbocycles. The second kappa shape index (κ2) is 8.31. The highest BCUT2D eigenvalue weighted by atomic mass is 35.5.